The topological polar surface area (TPSA) is 87.0 Å². The number of hydrogen-bond acceptors (Lipinski definition) is 5. The predicted octanol–water partition coefficient (Wildman–Crippen LogP) is 0.0861. The Bertz CT molecular complexity index is 354. The molecule has 5 nitrogen and oxygen atoms in total. The standard InChI is InChI=1S/C11H16N4O/c12-9-2-1-3-10(13)8(9)6-16-11-4-5-14-7-15-11/h1-2,4-5,7-10H,3,6,12-13H2. The molecule has 4 N–H and O–H groups in total. The summed E-state index contributed by atoms with van der Waals surface area (Å²) < 4.78 is 5.54. The fourth-order valence-corrected chi connectivity index (χ4v) is 1.78. The van der Waals surface area contributed by atoms with Crippen LogP contribution in [0, 0.1) is 5.92 Å². The third-order valence-corrected chi connectivity index (χ3v) is 2.79. The van der Waals surface area contributed by atoms with Crippen molar-refractivity contribution in [2.24, 2.45) is 17.4 Å². The Morgan fingerprint density at radius 2 is 2.31 bits per heavy atom. The van der Waals surface area contributed by atoms with E-state index >= 15 is 0 Å². The van der Waals surface area contributed by atoms with Gasteiger partial charge in [0.15, 0.2) is 0 Å². The fraction of sp³-hybridized carbons (Fsp3) is 0.455. The van der Waals surface area contributed by atoms with E-state index in [0.29, 0.717) is 12.5 Å². The van der Waals surface area contributed by atoms with Gasteiger partial charge in [-0.25, -0.2) is 9.97 Å². The molecule has 0 saturated carbocycles. The molecule has 2 rings (SSSR count). The Balaban J connectivity index is 1.92. The summed E-state index contributed by atoms with van der Waals surface area (Å²) in [5.74, 6) is 0.698. The molecular formula is C11H16N4O. The summed E-state index contributed by atoms with van der Waals surface area (Å²) in [4.78, 5) is 7.80. The van der Waals surface area contributed by atoms with E-state index in [1.807, 2.05) is 12.2 Å². The monoisotopic (exact) mass is 220 g/mol. The number of nitrogens with zero attached hydrogens (tertiary/aromatic N) is 2. The van der Waals surface area contributed by atoms with Crippen LogP contribution in [0.3, 0.4) is 0 Å². The van der Waals surface area contributed by atoms with Gasteiger partial charge in [-0.3, -0.25) is 0 Å². The first-order valence-corrected chi connectivity index (χ1v) is 5.34. The molecule has 0 amide bonds. The van der Waals surface area contributed by atoms with Gasteiger partial charge in [-0.05, 0) is 6.42 Å². The minimum Gasteiger partial charge on any atom is -0.477 e. The van der Waals surface area contributed by atoms with E-state index in [1.54, 1.807) is 12.3 Å². The number of rotatable bonds is 3. The predicted molar refractivity (Wildman–Crippen MR) is 60.7 cm³/mol. The zero-order chi connectivity index (χ0) is 11.4. The highest BCUT2D eigenvalue weighted by molar-refractivity contribution is 5.08. The molecule has 0 radical (unpaired) electrons. The highest BCUT2D eigenvalue weighted by atomic mass is 16.5. The van der Waals surface area contributed by atoms with E-state index in [1.165, 1.54) is 6.33 Å². The summed E-state index contributed by atoms with van der Waals surface area (Å²) in [6.45, 7) is 0.490. The molecule has 0 saturated heterocycles. The van der Waals surface area contributed by atoms with E-state index in [-0.39, 0.29) is 18.0 Å². The lowest BCUT2D eigenvalue weighted by Gasteiger charge is -2.29. The third-order valence-electron chi connectivity index (χ3n) is 2.79. The minimum atomic E-state index is -0.0365. The van der Waals surface area contributed by atoms with Crippen LogP contribution in [0.25, 0.3) is 0 Å². The smallest absolute Gasteiger partial charge is 0.216 e. The molecule has 1 aliphatic rings. The maximum Gasteiger partial charge on any atom is 0.216 e. The van der Waals surface area contributed by atoms with Gasteiger partial charge < -0.3 is 16.2 Å². The Morgan fingerprint density at radius 1 is 1.44 bits per heavy atom. The van der Waals surface area contributed by atoms with E-state index in [0.717, 1.165) is 6.42 Å². The molecule has 0 spiro atoms. The van der Waals surface area contributed by atoms with Gasteiger partial charge in [0.05, 0.1) is 6.61 Å². The van der Waals surface area contributed by atoms with Gasteiger partial charge in [-0.2, -0.15) is 0 Å². The second-order valence-corrected chi connectivity index (χ2v) is 3.93. The van der Waals surface area contributed by atoms with Gasteiger partial charge in [0.1, 0.15) is 6.33 Å². The lowest BCUT2D eigenvalue weighted by Crippen LogP contribution is -2.46. The van der Waals surface area contributed by atoms with Crippen LogP contribution in [0.15, 0.2) is 30.7 Å². The lowest BCUT2D eigenvalue weighted by molar-refractivity contribution is 0.201. The van der Waals surface area contributed by atoms with Crippen LogP contribution >= 0.6 is 0 Å². The van der Waals surface area contributed by atoms with Crippen LogP contribution in [0.1, 0.15) is 6.42 Å². The second-order valence-electron chi connectivity index (χ2n) is 3.93. The molecule has 1 aliphatic carbocycles. The number of nitrogens with two attached hydrogens (primary N) is 2. The molecule has 3 atom stereocenters. The van der Waals surface area contributed by atoms with Gasteiger partial charge in [-0.1, -0.05) is 12.2 Å². The van der Waals surface area contributed by atoms with Crippen molar-refractivity contribution >= 4 is 0 Å². The van der Waals surface area contributed by atoms with Gasteiger partial charge in [0.2, 0.25) is 5.88 Å². The first-order valence-electron chi connectivity index (χ1n) is 5.34. The molecule has 1 aromatic rings. The van der Waals surface area contributed by atoms with Gasteiger partial charge >= 0.3 is 0 Å². The first kappa shape index (κ1) is 11.0. The number of hydrogen-bond donors (Lipinski definition) is 2. The molecule has 1 aromatic heterocycles. The summed E-state index contributed by atoms with van der Waals surface area (Å²) >= 11 is 0. The van der Waals surface area contributed by atoms with Crippen molar-refractivity contribution in [3.8, 4) is 5.88 Å². The van der Waals surface area contributed by atoms with Gasteiger partial charge in [0, 0.05) is 30.3 Å². The van der Waals surface area contributed by atoms with Crippen LogP contribution in [0.5, 0.6) is 5.88 Å². The SMILES string of the molecule is NC1C=CCC(N)C1COc1ccncn1. The first-order chi connectivity index (χ1) is 7.77. The average molecular weight is 220 g/mol. The van der Waals surface area contributed by atoms with Crippen molar-refractivity contribution in [1.82, 2.24) is 9.97 Å². The van der Waals surface area contributed by atoms with Crippen molar-refractivity contribution in [1.29, 1.82) is 0 Å². The van der Waals surface area contributed by atoms with Gasteiger partial charge in [-0.15, -0.1) is 0 Å². The fourth-order valence-electron chi connectivity index (χ4n) is 1.78. The highest BCUT2D eigenvalue weighted by Crippen LogP contribution is 2.17. The van der Waals surface area contributed by atoms with E-state index in [2.05, 4.69) is 9.97 Å². The molecule has 1 heterocycles. The number of aromatic nitrogens is 2. The largest absolute Gasteiger partial charge is 0.477 e. The average Bonchev–Trinajstić information content (AvgIpc) is 2.30. The van der Waals surface area contributed by atoms with E-state index in [9.17, 15) is 0 Å². The lowest BCUT2D eigenvalue weighted by atomic mass is 9.87. The second kappa shape index (κ2) is 5.05. The van der Waals surface area contributed by atoms with E-state index in [4.69, 9.17) is 16.2 Å². The van der Waals surface area contributed by atoms with E-state index < -0.39 is 0 Å². The van der Waals surface area contributed by atoms with Gasteiger partial charge in [0.25, 0.3) is 0 Å². The Hall–Kier alpha value is -1.46. The Kier molecular flexibility index (Phi) is 3.48. The van der Waals surface area contributed by atoms with Crippen molar-refractivity contribution < 1.29 is 4.74 Å². The van der Waals surface area contributed by atoms with Crippen LogP contribution in [0.2, 0.25) is 0 Å². The number of ether oxygens (including phenoxy) is 1. The third kappa shape index (κ3) is 2.56. The molecule has 0 bridgehead atoms. The zero-order valence-electron chi connectivity index (χ0n) is 8.99. The van der Waals surface area contributed by atoms with Crippen LogP contribution in [-0.2, 0) is 0 Å². The van der Waals surface area contributed by atoms with Crippen molar-refractivity contribution in [3.63, 3.8) is 0 Å². The van der Waals surface area contributed by atoms with Crippen LogP contribution in [-0.4, -0.2) is 28.7 Å². The summed E-state index contributed by atoms with van der Waals surface area (Å²) in [5, 5.41) is 0. The molecule has 86 valence electrons. The molecular weight excluding hydrogens is 204 g/mol. The summed E-state index contributed by atoms with van der Waals surface area (Å²) in [5.41, 5.74) is 11.9. The van der Waals surface area contributed by atoms with Crippen molar-refractivity contribution in [2.45, 2.75) is 18.5 Å². The zero-order valence-corrected chi connectivity index (χ0v) is 8.99. The minimum absolute atomic E-state index is 0.0365. The molecule has 0 fully saturated rings. The summed E-state index contributed by atoms with van der Waals surface area (Å²) in [7, 11) is 0. The highest BCUT2D eigenvalue weighted by Gasteiger charge is 2.26. The van der Waals surface area contributed by atoms with Crippen molar-refractivity contribution in [3.05, 3.63) is 30.7 Å². The Labute approximate surface area is 94.5 Å². The maximum atomic E-state index is 5.99. The molecule has 0 aromatic carbocycles. The van der Waals surface area contributed by atoms with Crippen LogP contribution in [0.4, 0.5) is 0 Å². The molecule has 16 heavy (non-hydrogen) atoms. The molecule has 3 unspecified atom stereocenters. The van der Waals surface area contributed by atoms with Crippen molar-refractivity contribution in [2.75, 3.05) is 6.61 Å². The summed E-state index contributed by atoms with van der Waals surface area (Å²) in [6, 6.07) is 1.74. The quantitative estimate of drug-likeness (QED) is 0.705. The maximum absolute atomic E-state index is 5.99. The Morgan fingerprint density at radius 3 is 3.00 bits per heavy atom. The van der Waals surface area contributed by atoms with Crippen LogP contribution < -0.4 is 16.2 Å². The summed E-state index contributed by atoms with van der Waals surface area (Å²) in [6.07, 6.45) is 7.96. The molecule has 5 heteroatoms. The normalized spacial score (nSPS) is 29.0. The molecule has 0 aliphatic heterocycles.